The fourth-order valence-electron chi connectivity index (χ4n) is 5.70. The number of piperidine rings is 1. The molecule has 134 valence electrons. The molecule has 2 aromatic carbocycles. The van der Waals surface area contributed by atoms with Gasteiger partial charge in [0.15, 0.2) is 0 Å². The number of β-amino-alcohol motifs (C(OH)–C–C–N with tert-alkyl or cyclic N) is 1. The Morgan fingerprint density at radius 1 is 1.00 bits per heavy atom. The molecule has 3 nitrogen and oxygen atoms in total. The topological polar surface area (TPSA) is 43.7 Å². The molecule has 2 aromatic rings. The van der Waals surface area contributed by atoms with Crippen molar-refractivity contribution < 1.29 is 10.2 Å². The summed E-state index contributed by atoms with van der Waals surface area (Å²) in [5.74, 6) is 1.61. The molecule has 1 saturated carbocycles. The van der Waals surface area contributed by atoms with Gasteiger partial charge in [-0.15, -0.1) is 0 Å². The molecule has 2 unspecified atom stereocenters. The zero-order valence-electron chi connectivity index (χ0n) is 15.1. The van der Waals surface area contributed by atoms with Crippen molar-refractivity contribution in [3.05, 3.63) is 64.5 Å². The Labute approximate surface area is 153 Å². The van der Waals surface area contributed by atoms with Crippen LogP contribution in [0.1, 0.15) is 18.9 Å². The van der Waals surface area contributed by atoms with Gasteiger partial charge in [-0.1, -0.05) is 43.3 Å². The highest BCUT2D eigenvalue weighted by atomic mass is 16.3. The molecule has 0 radical (unpaired) electrons. The summed E-state index contributed by atoms with van der Waals surface area (Å²) in [5.41, 5.74) is 0.629. The van der Waals surface area contributed by atoms with Gasteiger partial charge in [-0.25, -0.2) is 0 Å². The number of aromatic hydroxyl groups is 1. The molecular formula is C23H25NO2. The van der Waals surface area contributed by atoms with Crippen molar-refractivity contribution in [1.29, 1.82) is 0 Å². The van der Waals surface area contributed by atoms with Crippen LogP contribution >= 0.6 is 0 Å². The van der Waals surface area contributed by atoms with Crippen LogP contribution in [-0.4, -0.2) is 40.3 Å². The van der Waals surface area contributed by atoms with Gasteiger partial charge in [-0.2, -0.15) is 0 Å². The summed E-state index contributed by atoms with van der Waals surface area (Å²) in [6.45, 7) is 4.97. The van der Waals surface area contributed by atoms with E-state index in [9.17, 15) is 10.2 Å². The first-order valence-corrected chi connectivity index (χ1v) is 9.59. The minimum Gasteiger partial charge on any atom is -0.508 e. The minimum absolute atomic E-state index is 0.212. The van der Waals surface area contributed by atoms with Crippen molar-refractivity contribution in [2.45, 2.75) is 24.4 Å². The van der Waals surface area contributed by atoms with Crippen molar-refractivity contribution in [3.63, 3.8) is 0 Å². The molecule has 0 spiro atoms. The number of hydrogen-bond acceptors (Lipinski definition) is 3. The van der Waals surface area contributed by atoms with Crippen LogP contribution in [0.25, 0.3) is 12.2 Å². The molecule has 0 aromatic heterocycles. The van der Waals surface area contributed by atoms with E-state index < -0.39 is 5.60 Å². The molecule has 3 heteroatoms. The monoisotopic (exact) mass is 347 g/mol. The average Bonchev–Trinajstić information content (AvgIpc) is 2.91. The van der Waals surface area contributed by atoms with E-state index >= 15 is 0 Å². The highest BCUT2D eigenvalue weighted by Crippen LogP contribution is 2.65. The van der Waals surface area contributed by atoms with Crippen LogP contribution in [0, 0.1) is 11.8 Å². The molecule has 1 saturated heterocycles. The third-order valence-corrected chi connectivity index (χ3v) is 6.86. The summed E-state index contributed by atoms with van der Waals surface area (Å²) in [5, 5.41) is 23.2. The Kier molecular flexibility index (Phi) is 3.37. The zero-order valence-corrected chi connectivity index (χ0v) is 15.1. The molecule has 1 aliphatic heterocycles. The lowest BCUT2D eigenvalue weighted by molar-refractivity contribution is 0.114. The second-order valence-electron chi connectivity index (χ2n) is 8.26. The maximum Gasteiger partial charge on any atom is 0.115 e. The van der Waals surface area contributed by atoms with Gasteiger partial charge < -0.3 is 10.2 Å². The number of benzene rings is 2. The predicted molar refractivity (Wildman–Crippen MR) is 103 cm³/mol. The molecule has 2 aliphatic carbocycles. The lowest BCUT2D eigenvalue weighted by atomic mass is 9.87. The van der Waals surface area contributed by atoms with E-state index in [0.717, 1.165) is 29.9 Å². The summed E-state index contributed by atoms with van der Waals surface area (Å²) in [6, 6.07) is 16.0. The number of aliphatic hydroxyl groups is 1. The Bertz CT molecular complexity index is 933. The number of fused-ring (bicyclic) bond motifs is 2. The van der Waals surface area contributed by atoms with Crippen molar-refractivity contribution in [2.75, 3.05) is 19.6 Å². The second-order valence-corrected chi connectivity index (χ2v) is 8.26. The summed E-state index contributed by atoms with van der Waals surface area (Å²) < 4.78 is 0. The van der Waals surface area contributed by atoms with Crippen molar-refractivity contribution in [3.8, 4) is 5.75 Å². The van der Waals surface area contributed by atoms with Gasteiger partial charge in [-0.3, -0.25) is 4.90 Å². The summed E-state index contributed by atoms with van der Waals surface area (Å²) >= 11 is 0. The van der Waals surface area contributed by atoms with Gasteiger partial charge in [0, 0.05) is 25.0 Å². The quantitative estimate of drug-likeness (QED) is 0.883. The SMILES string of the molecule is CCC1(c2cccc(O)c2)C2CN(CC3(O)C=c4ccccc4=C3)CC21. The van der Waals surface area contributed by atoms with Gasteiger partial charge in [0.2, 0.25) is 0 Å². The van der Waals surface area contributed by atoms with Crippen LogP contribution in [0.4, 0.5) is 0 Å². The van der Waals surface area contributed by atoms with Crippen molar-refractivity contribution in [1.82, 2.24) is 4.90 Å². The molecule has 0 amide bonds. The first-order valence-electron chi connectivity index (χ1n) is 9.59. The Morgan fingerprint density at radius 2 is 1.65 bits per heavy atom. The average molecular weight is 347 g/mol. The van der Waals surface area contributed by atoms with Crippen LogP contribution < -0.4 is 10.4 Å². The molecule has 1 heterocycles. The maximum atomic E-state index is 11.0. The molecule has 2 fully saturated rings. The summed E-state index contributed by atoms with van der Waals surface area (Å²) in [4.78, 5) is 2.41. The molecule has 2 N–H and O–H groups in total. The van der Waals surface area contributed by atoms with E-state index in [0.29, 0.717) is 24.1 Å². The lowest BCUT2D eigenvalue weighted by Gasteiger charge is -2.30. The van der Waals surface area contributed by atoms with Gasteiger partial charge in [0.05, 0.1) is 0 Å². The van der Waals surface area contributed by atoms with Gasteiger partial charge in [0.1, 0.15) is 11.4 Å². The first-order chi connectivity index (χ1) is 12.5. The van der Waals surface area contributed by atoms with Gasteiger partial charge in [-0.05, 0) is 58.5 Å². The third kappa shape index (κ3) is 2.27. The van der Waals surface area contributed by atoms with Crippen LogP contribution in [0.3, 0.4) is 0 Å². The molecule has 5 rings (SSSR count). The Balaban J connectivity index is 1.33. The normalized spacial score (nSPS) is 31.0. The number of likely N-dealkylation sites (tertiary alicyclic amines) is 1. The first kappa shape index (κ1) is 16.1. The number of rotatable bonds is 4. The van der Waals surface area contributed by atoms with Crippen molar-refractivity contribution >= 4 is 12.2 Å². The lowest BCUT2D eigenvalue weighted by Crippen LogP contribution is -2.41. The molecular weight excluding hydrogens is 322 g/mol. The highest BCUT2D eigenvalue weighted by Gasteiger charge is 2.67. The van der Waals surface area contributed by atoms with Gasteiger partial charge >= 0.3 is 0 Å². The number of phenols is 1. The van der Waals surface area contributed by atoms with E-state index in [1.165, 1.54) is 5.56 Å². The minimum atomic E-state index is -0.861. The van der Waals surface area contributed by atoms with Gasteiger partial charge in [0.25, 0.3) is 0 Å². The zero-order chi connectivity index (χ0) is 17.9. The predicted octanol–water partition coefficient (Wildman–Crippen LogP) is 1.61. The van der Waals surface area contributed by atoms with E-state index in [2.05, 4.69) is 30.0 Å². The van der Waals surface area contributed by atoms with Crippen molar-refractivity contribution in [2.24, 2.45) is 11.8 Å². The fourth-order valence-corrected chi connectivity index (χ4v) is 5.70. The van der Waals surface area contributed by atoms with E-state index in [1.54, 1.807) is 6.07 Å². The second kappa shape index (κ2) is 5.45. The molecule has 26 heavy (non-hydrogen) atoms. The van der Waals surface area contributed by atoms with Crippen LogP contribution in [0.2, 0.25) is 0 Å². The van der Waals surface area contributed by atoms with Crippen LogP contribution in [0.5, 0.6) is 5.75 Å². The van der Waals surface area contributed by atoms with E-state index in [-0.39, 0.29) is 5.41 Å². The van der Waals surface area contributed by atoms with Crippen LogP contribution in [-0.2, 0) is 5.41 Å². The van der Waals surface area contributed by atoms with E-state index in [1.807, 2.05) is 36.4 Å². The smallest absolute Gasteiger partial charge is 0.115 e. The number of phenolic OH excluding ortho intramolecular Hbond substituents is 1. The number of nitrogens with zero attached hydrogens (tertiary/aromatic N) is 1. The third-order valence-electron chi connectivity index (χ3n) is 6.86. The Morgan fingerprint density at radius 3 is 2.23 bits per heavy atom. The fraction of sp³-hybridized carbons (Fsp3) is 0.391. The Hall–Kier alpha value is -2.10. The maximum absolute atomic E-state index is 11.0. The van der Waals surface area contributed by atoms with Crippen LogP contribution in [0.15, 0.2) is 48.5 Å². The summed E-state index contributed by atoms with van der Waals surface area (Å²) in [6.07, 6.45) is 5.09. The molecule has 3 aliphatic rings. The number of hydrogen-bond donors (Lipinski definition) is 2. The molecule has 0 bridgehead atoms. The summed E-state index contributed by atoms with van der Waals surface area (Å²) in [7, 11) is 0. The largest absolute Gasteiger partial charge is 0.508 e. The highest BCUT2D eigenvalue weighted by molar-refractivity contribution is 5.60. The molecule has 2 atom stereocenters. The van der Waals surface area contributed by atoms with E-state index in [4.69, 9.17) is 0 Å². The standard InChI is InChI=1S/C23H25NO2/c1-2-23(18-8-5-9-19(25)10-18)20-13-24(14-21(20)23)15-22(26)11-16-6-3-4-7-17(16)12-22/h3-12,20-21,25-26H,2,13-15H2,1H3.